The largest absolute Gasteiger partial charge is 0.441 e. The third-order valence-electron chi connectivity index (χ3n) is 3.78. The number of nitrogens with two attached hydrogens (primary N) is 1. The maximum atomic E-state index is 5.80. The second-order valence-electron chi connectivity index (χ2n) is 5.20. The maximum absolute atomic E-state index is 5.80. The summed E-state index contributed by atoms with van der Waals surface area (Å²) >= 11 is 0. The van der Waals surface area contributed by atoms with E-state index in [1.165, 1.54) is 36.8 Å². The molecule has 0 saturated carbocycles. The van der Waals surface area contributed by atoms with Gasteiger partial charge in [-0.15, -0.1) is 0 Å². The maximum Gasteiger partial charge on any atom is 0.194 e. The van der Waals surface area contributed by atoms with Crippen LogP contribution in [0.4, 0.5) is 0 Å². The molecule has 0 spiro atoms. The Bertz CT molecular complexity index is 560. The summed E-state index contributed by atoms with van der Waals surface area (Å²) in [5.74, 6) is 1.67. The third-order valence-corrected chi connectivity index (χ3v) is 3.78. The van der Waals surface area contributed by atoms with Gasteiger partial charge in [0.2, 0.25) is 0 Å². The van der Waals surface area contributed by atoms with Gasteiger partial charge in [-0.25, -0.2) is 4.98 Å². The number of hydrogen-bond acceptors (Lipinski definition) is 3. The second kappa shape index (κ2) is 5.57. The average molecular weight is 256 g/mol. The van der Waals surface area contributed by atoms with Crippen LogP contribution in [0, 0.1) is 0 Å². The van der Waals surface area contributed by atoms with E-state index in [1.807, 2.05) is 6.20 Å². The van der Waals surface area contributed by atoms with E-state index in [0.29, 0.717) is 6.54 Å². The molecule has 1 aromatic carbocycles. The summed E-state index contributed by atoms with van der Waals surface area (Å²) in [6.07, 6.45) is 8.60. The first-order valence-corrected chi connectivity index (χ1v) is 7.14. The average Bonchev–Trinajstić information content (AvgIpc) is 2.93. The zero-order valence-electron chi connectivity index (χ0n) is 11.2. The fourth-order valence-corrected chi connectivity index (χ4v) is 2.70. The van der Waals surface area contributed by atoms with Crippen LogP contribution in [-0.4, -0.2) is 11.5 Å². The third kappa shape index (κ3) is 2.71. The van der Waals surface area contributed by atoms with Crippen LogP contribution in [0.1, 0.15) is 36.3 Å². The molecule has 19 heavy (non-hydrogen) atoms. The van der Waals surface area contributed by atoms with Crippen LogP contribution in [0.25, 0.3) is 11.3 Å². The van der Waals surface area contributed by atoms with Crippen LogP contribution < -0.4 is 5.73 Å². The molecule has 2 aromatic rings. The minimum atomic E-state index is 0.677. The molecule has 100 valence electrons. The summed E-state index contributed by atoms with van der Waals surface area (Å²) in [5.41, 5.74) is 9.62. The molecule has 3 heteroatoms. The summed E-state index contributed by atoms with van der Waals surface area (Å²) in [5, 5.41) is 0. The molecule has 0 unspecified atom stereocenters. The van der Waals surface area contributed by atoms with Crippen molar-refractivity contribution >= 4 is 0 Å². The Labute approximate surface area is 113 Å². The lowest BCUT2D eigenvalue weighted by Gasteiger charge is -2.15. The standard InChI is InChI=1S/C16H20N2O/c17-9-3-6-16-18-11-15(19-16)14-8-7-12-4-1-2-5-13(12)10-14/h7-8,10-11H,1-6,9,17H2. The second-order valence-corrected chi connectivity index (χ2v) is 5.20. The molecule has 0 bridgehead atoms. The lowest BCUT2D eigenvalue weighted by molar-refractivity contribution is 0.499. The van der Waals surface area contributed by atoms with Gasteiger partial charge in [-0.3, -0.25) is 0 Å². The van der Waals surface area contributed by atoms with Crippen molar-refractivity contribution in [1.29, 1.82) is 0 Å². The Morgan fingerprint density at radius 3 is 2.84 bits per heavy atom. The summed E-state index contributed by atoms with van der Waals surface area (Å²) in [4.78, 5) is 4.32. The Kier molecular flexibility index (Phi) is 3.65. The SMILES string of the molecule is NCCCc1ncc(-c2ccc3c(c2)CCCC3)o1. The highest BCUT2D eigenvalue weighted by Gasteiger charge is 2.12. The van der Waals surface area contributed by atoms with E-state index in [2.05, 4.69) is 23.2 Å². The first-order valence-electron chi connectivity index (χ1n) is 7.14. The fourth-order valence-electron chi connectivity index (χ4n) is 2.70. The van der Waals surface area contributed by atoms with E-state index < -0.39 is 0 Å². The topological polar surface area (TPSA) is 52.0 Å². The van der Waals surface area contributed by atoms with Crippen LogP contribution in [-0.2, 0) is 19.3 Å². The zero-order valence-corrected chi connectivity index (χ0v) is 11.2. The first kappa shape index (κ1) is 12.4. The zero-order chi connectivity index (χ0) is 13.1. The van der Waals surface area contributed by atoms with Crippen molar-refractivity contribution in [2.24, 2.45) is 5.73 Å². The molecular weight excluding hydrogens is 236 g/mol. The number of aryl methyl sites for hydroxylation is 3. The Balaban J connectivity index is 1.83. The molecule has 3 rings (SSSR count). The lowest BCUT2D eigenvalue weighted by atomic mass is 9.90. The van der Waals surface area contributed by atoms with Gasteiger partial charge in [0, 0.05) is 12.0 Å². The van der Waals surface area contributed by atoms with E-state index in [4.69, 9.17) is 10.2 Å². The Hall–Kier alpha value is -1.61. The molecule has 1 heterocycles. The molecule has 0 fully saturated rings. The van der Waals surface area contributed by atoms with Gasteiger partial charge in [-0.2, -0.15) is 0 Å². The van der Waals surface area contributed by atoms with Crippen molar-refractivity contribution in [3.63, 3.8) is 0 Å². The van der Waals surface area contributed by atoms with Gasteiger partial charge >= 0.3 is 0 Å². The van der Waals surface area contributed by atoms with E-state index in [0.717, 1.165) is 30.1 Å². The molecule has 1 aliphatic carbocycles. The lowest BCUT2D eigenvalue weighted by Crippen LogP contribution is -2.02. The van der Waals surface area contributed by atoms with Crippen molar-refractivity contribution in [3.8, 4) is 11.3 Å². The number of rotatable bonds is 4. The molecule has 0 radical (unpaired) electrons. The van der Waals surface area contributed by atoms with Gasteiger partial charge in [0.25, 0.3) is 0 Å². The number of hydrogen-bond donors (Lipinski definition) is 1. The summed E-state index contributed by atoms with van der Waals surface area (Å²) in [7, 11) is 0. The summed E-state index contributed by atoms with van der Waals surface area (Å²) < 4.78 is 5.80. The van der Waals surface area contributed by atoms with Gasteiger partial charge < -0.3 is 10.2 Å². The molecular formula is C16H20N2O. The van der Waals surface area contributed by atoms with Crippen molar-refractivity contribution in [1.82, 2.24) is 4.98 Å². The minimum absolute atomic E-state index is 0.677. The van der Waals surface area contributed by atoms with E-state index in [9.17, 15) is 0 Å². The number of benzene rings is 1. The first-order chi connectivity index (χ1) is 9.36. The van der Waals surface area contributed by atoms with Gasteiger partial charge in [0.1, 0.15) is 0 Å². The van der Waals surface area contributed by atoms with Crippen molar-refractivity contribution in [3.05, 3.63) is 41.4 Å². The van der Waals surface area contributed by atoms with Crippen LogP contribution in [0.15, 0.2) is 28.8 Å². The highest BCUT2D eigenvalue weighted by atomic mass is 16.4. The quantitative estimate of drug-likeness (QED) is 0.914. The van der Waals surface area contributed by atoms with Crippen LogP contribution in [0.5, 0.6) is 0 Å². The molecule has 1 aromatic heterocycles. The predicted molar refractivity (Wildman–Crippen MR) is 76.0 cm³/mol. The van der Waals surface area contributed by atoms with Gasteiger partial charge in [-0.05, 0) is 55.8 Å². The van der Waals surface area contributed by atoms with Crippen LogP contribution in [0.3, 0.4) is 0 Å². The van der Waals surface area contributed by atoms with Gasteiger partial charge in [0.05, 0.1) is 6.20 Å². The molecule has 0 saturated heterocycles. The van der Waals surface area contributed by atoms with Crippen LogP contribution in [0.2, 0.25) is 0 Å². The number of oxazole rings is 1. The molecule has 0 atom stereocenters. The minimum Gasteiger partial charge on any atom is -0.441 e. The summed E-state index contributed by atoms with van der Waals surface area (Å²) in [6.45, 7) is 0.677. The van der Waals surface area contributed by atoms with Crippen molar-refractivity contribution < 1.29 is 4.42 Å². The van der Waals surface area contributed by atoms with Gasteiger partial charge in [-0.1, -0.05) is 12.1 Å². The molecule has 0 aliphatic heterocycles. The monoisotopic (exact) mass is 256 g/mol. The predicted octanol–water partition coefficient (Wildman–Crippen LogP) is 3.11. The van der Waals surface area contributed by atoms with Crippen LogP contribution >= 0.6 is 0 Å². The molecule has 3 nitrogen and oxygen atoms in total. The van der Waals surface area contributed by atoms with E-state index in [-0.39, 0.29) is 0 Å². The summed E-state index contributed by atoms with van der Waals surface area (Å²) in [6, 6.07) is 6.66. The van der Waals surface area contributed by atoms with Gasteiger partial charge in [0.15, 0.2) is 11.7 Å². The number of aromatic nitrogens is 1. The highest BCUT2D eigenvalue weighted by molar-refractivity contribution is 5.59. The fraction of sp³-hybridized carbons (Fsp3) is 0.438. The molecule has 1 aliphatic rings. The molecule has 2 N–H and O–H groups in total. The number of nitrogens with zero attached hydrogens (tertiary/aromatic N) is 1. The number of fused-ring (bicyclic) bond motifs is 1. The smallest absolute Gasteiger partial charge is 0.194 e. The highest BCUT2D eigenvalue weighted by Crippen LogP contribution is 2.28. The van der Waals surface area contributed by atoms with E-state index >= 15 is 0 Å². The van der Waals surface area contributed by atoms with Crippen molar-refractivity contribution in [2.75, 3.05) is 6.54 Å². The van der Waals surface area contributed by atoms with E-state index in [1.54, 1.807) is 0 Å². The normalized spacial score (nSPS) is 14.4. The Morgan fingerprint density at radius 1 is 1.16 bits per heavy atom. The molecule has 0 amide bonds. The Morgan fingerprint density at radius 2 is 2.00 bits per heavy atom. The van der Waals surface area contributed by atoms with Crippen molar-refractivity contribution in [2.45, 2.75) is 38.5 Å².